The molecule has 46 heavy (non-hydrogen) atoms. The lowest BCUT2D eigenvalue weighted by atomic mass is 10.1. The first kappa shape index (κ1) is 36.8. The van der Waals surface area contributed by atoms with Crippen molar-refractivity contribution in [1.82, 2.24) is 10.6 Å². The van der Waals surface area contributed by atoms with Crippen molar-refractivity contribution in [2.75, 3.05) is 13.2 Å². The monoisotopic (exact) mass is 844 g/mol. The minimum atomic E-state index is -0.0789. The maximum absolute atomic E-state index is 7.52. The third-order valence-electron chi connectivity index (χ3n) is 6.71. The van der Waals surface area contributed by atoms with E-state index in [0.29, 0.717) is 26.3 Å². The van der Waals surface area contributed by atoms with E-state index in [2.05, 4.69) is 93.3 Å². The number of hydrogen-bond acceptors (Lipinski definition) is 4. The lowest BCUT2D eigenvalue weighted by Gasteiger charge is -2.13. The van der Waals surface area contributed by atoms with E-state index >= 15 is 0 Å². The summed E-state index contributed by atoms with van der Waals surface area (Å²) in [5.41, 5.74) is 16.2. The Morgan fingerprint density at radius 1 is 0.674 bits per heavy atom. The van der Waals surface area contributed by atoms with Crippen molar-refractivity contribution >= 4 is 57.1 Å². The van der Waals surface area contributed by atoms with Crippen LogP contribution < -0.4 is 31.6 Å². The highest BCUT2D eigenvalue weighted by Crippen LogP contribution is 2.29. The summed E-state index contributed by atoms with van der Waals surface area (Å²) in [6.07, 6.45) is 6.42. The van der Waals surface area contributed by atoms with Gasteiger partial charge in [0, 0.05) is 24.2 Å². The summed E-state index contributed by atoms with van der Waals surface area (Å²) in [6.45, 7) is 6.45. The van der Waals surface area contributed by atoms with Crippen LogP contribution in [-0.2, 0) is 13.1 Å². The Kier molecular flexibility index (Phi) is 15.9. The highest BCUT2D eigenvalue weighted by Gasteiger charge is 2.12. The fraction of sp³-hybridized carbons (Fsp3) is 0.333. The SMILES string of the molecule is CCCCCOc1c(I)cc(CNC(=N)N)cc1C#Cc1cccc(C#Cc2cc(CNC(=N)N)cc(I)c2OCCCCC)c1. The maximum Gasteiger partial charge on any atom is 0.185 e. The number of unbranched alkanes of at least 4 members (excludes halogenated alkanes) is 4. The second-order valence-electron chi connectivity index (χ2n) is 10.6. The smallest absolute Gasteiger partial charge is 0.185 e. The topological polar surface area (TPSA) is 142 Å². The van der Waals surface area contributed by atoms with Crippen LogP contribution in [0.3, 0.4) is 0 Å². The molecular formula is C36H42I2N6O2. The van der Waals surface area contributed by atoms with Gasteiger partial charge in [-0.15, -0.1) is 0 Å². The third kappa shape index (κ3) is 12.6. The minimum absolute atomic E-state index is 0.0789. The molecule has 0 saturated carbocycles. The van der Waals surface area contributed by atoms with Crippen LogP contribution in [0.2, 0.25) is 0 Å². The molecule has 0 bridgehead atoms. The van der Waals surface area contributed by atoms with Gasteiger partial charge in [0.25, 0.3) is 0 Å². The maximum atomic E-state index is 7.52. The molecule has 0 saturated heterocycles. The van der Waals surface area contributed by atoms with Gasteiger partial charge in [-0.05, 0) is 112 Å². The molecular weight excluding hydrogens is 802 g/mol. The van der Waals surface area contributed by atoms with Crippen LogP contribution in [0.1, 0.15) is 85.8 Å². The van der Waals surface area contributed by atoms with Gasteiger partial charge in [0.05, 0.1) is 31.5 Å². The molecule has 3 rings (SSSR count). The third-order valence-corrected chi connectivity index (χ3v) is 8.31. The average molecular weight is 845 g/mol. The summed E-state index contributed by atoms with van der Waals surface area (Å²) in [7, 11) is 0. The Morgan fingerprint density at radius 3 is 1.50 bits per heavy atom. The fourth-order valence-electron chi connectivity index (χ4n) is 4.38. The van der Waals surface area contributed by atoms with E-state index in [-0.39, 0.29) is 11.9 Å². The van der Waals surface area contributed by atoms with Crippen molar-refractivity contribution in [3.63, 3.8) is 0 Å². The Balaban J connectivity index is 1.93. The first-order valence-corrected chi connectivity index (χ1v) is 17.6. The van der Waals surface area contributed by atoms with Gasteiger partial charge in [0.15, 0.2) is 11.9 Å². The van der Waals surface area contributed by atoms with Gasteiger partial charge in [0.2, 0.25) is 0 Å². The summed E-state index contributed by atoms with van der Waals surface area (Å²) in [5, 5.41) is 20.8. The molecule has 8 N–H and O–H groups in total. The number of rotatable bonds is 14. The van der Waals surface area contributed by atoms with Crippen LogP contribution in [0.25, 0.3) is 0 Å². The zero-order chi connectivity index (χ0) is 33.3. The molecule has 0 spiro atoms. The molecule has 0 fully saturated rings. The van der Waals surface area contributed by atoms with E-state index in [4.69, 9.17) is 31.8 Å². The van der Waals surface area contributed by atoms with E-state index in [1.807, 2.05) is 48.5 Å². The molecule has 8 nitrogen and oxygen atoms in total. The predicted octanol–water partition coefficient (Wildman–Crippen LogP) is 6.80. The number of nitrogens with one attached hydrogen (secondary N) is 4. The zero-order valence-electron chi connectivity index (χ0n) is 26.4. The Bertz CT molecular complexity index is 1520. The number of nitrogens with two attached hydrogens (primary N) is 2. The van der Waals surface area contributed by atoms with Crippen molar-refractivity contribution in [3.8, 4) is 35.2 Å². The van der Waals surface area contributed by atoms with Crippen LogP contribution in [0.15, 0.2) is 48.5 Å². The second kappa shape index (κ2) is 19.8. The molecule has 0 amide bonds. The van der Waals surface area contributed by atoms with E-state index in [1.165, 1.54) is 0 Å². The molecule has 0 atom stereocenters. The number of benzene rings is 3. The van der Waals surface area contributed by atoms with E-state index < -0.39 is 0 Å². The number of halogens is 2. The van der Waals surface area contributed by atoms with Gasteiger partial charge in [0.1, 0.15) is 11.5 Å². The molecule has 242 valence electrons. The van der Waals surface area contributed by atoms with E-state index in [9.17, 15) is 0 Å². The quantitative estimate of drug-likeness (QED) is 0.0347. The number of hydrogen-bond donors (Lipinski definition) is 6. The lowest BCUT2D eigenvalue weighted by molar-refractivity contribution is 0.303. The molecule has 0 aromatic heterocycles. The molecule has 3 aromatic carbocycles. The van der Waals surface area contributed by atoms with Gasteiger partial charge in [-0.3, -0.25) is 10.8 Å². The van der Waals surface area contributed by atoms with Gasteiger partial charge in [-0.2, -0.15) is 0 Å². The molecule has 3 aromatic rings. The first-order valence-electron chi connectivity index (χ1n) is 15.4. The van der Waals surface area contributed by atoms with Crippen LogP contribution in [0, 0.1) is 41.6 Å². The zero-order valence-corrected chi connectivity index (χ0v) is 30.7. The average Bonchev–Trinajstić information content (AvgIpc) is 3.02. The van der Waals surface area contributed by atoms with Crippen LogP contribution >= 0.6 is 45.2 Å². The first-order chi connectivity index (χ1) is 22.2. The fourth-order valence-corrected chi connectivity index (χ4v) is 6.08. The molecule has 0 aliphatic rings. The predicted molar refractivity (Wildman–Crippen MR) is 204 cm³/mol. The van der Waals surface area contributed by atoms with Crippen molar-refractivity contribution in [2.45, 2.75) is 65.5 Å². The van der Waals surface area contributed by atoms with Crippen molar-refractivity contribution < 1.29 is 9.47 Å². The molecule has 0 aliphatic heterocycles. The van der Waals surface area contributed by atoms with Crippen LogP contribution in [0.5, 0.6) is 11.5 Å². The molecule has 10 heteroatoms. The molecule has 0 heterocycles. The Morgan fingerprint density at radius 2 is 1.11 bits per heavy atom. The summed E-state index contributed by atoms with van der Waals surface area (Å²) >= 11 is 4.56. The Labute approximate surface area is 300 Å². The second-order valence-corrected chi connectivity index (χ2v) is 13.0. The minimum Gasteiger partial charge on any atom is -0.491 e. The van der Waals surface area contributed by atoms with Gasteiger partial charge >= 0.3 is 0 Å². The summed E-state index contributed by atoms with van der Waals surface area (Å²) in [6, 6.07) is 15.9. The number of ether oxygens (including phenoxy) is 2. The standard InChI is InChI=1S/C36H42I2N6O2/c1-3-5-7-16-45-33-29(19-27(21-31(33)37)23-43-35(39)40)14-12-25-10-9-11-26(18-25)13-15-30-20-28(24-44-36(41)42)22-32(38)34(30)46-17-8-6-4-2/h9-11,18-22H,3-8,16-17,23-24H2,1-2H3,(H4,39,40,43)(H4,41,42,44). The lowest BCUT2D eigenvalue weighted by Crippen LogP contribution is -2.29. The van der Waals surface area contributed by atoms with Gasteiger partial charge in [-0.1, -0.05) is 69.3 Å². The normalized spacial score (nSPS) is 10.2. The van der Waals surface area contributed by atoms with Crippen molar-refractivity contribution in [2.24, 2.45) is 11.5 Å². The molecule has 0 aliphatic carbocycles. The van der Waals surface area contributed by atoms with Crippen molar-refractivity contribution in [3.05, 3.63) is 89.1 Å². The van der Waals surface area contributed by atoms with Crippen LogP contribution in [0.4, 0.5) is 0 Å². The summed E-state index contributed by atoms with van der Waals surface area (Å²) < 4.78 is 14.3. The molecule has 0 radical (unpaired) electrons. The molecule has 0 unspecified atom stereocenters. The van der Waals surface area contributed by atoms with E-state index in [0.717, 1.165) is 90.5 Å². The van der Waals surface area contributed by atoms with Gasteiger partial charge in [-0.25, -0.2) is 0 Å². The largest absolute Gasteiger partial charge is 0.491 e. The highest BCUT2D eigenvalue weighted by atomic mass is 127. The van der Waals surface area contributed by atoms with Crippen LogP contribution in [-0.4, -0.2) is 25.1 Å². The summed E-state index contributed by atoms with van der Waals surface area (Å²) in [4.78, 5) is 0. The summed E-state index contributed by atoms with van der Waals surface area (Å²) in [5.74, 6) is 14.6. The Hall–Kier alpha value is -3.62. The highest BCUT2D eigenvalue weighted by molar-refractivity contribution is 14.1. The van der Waals surface area contributed by atoms with Crippen molar-refractivity contribution in [1.29, 1.82) is 10.8 Å². The number of guanidine groups is 2. The van der Waals surface area contributed by atoms with Gasteiger partial charge < -0.3 is 31.6 Å². The van der Waals surface area contributed by atoms with E-state index in [1.54, 1.807) is 0 Å².